The summed E-state index contributed by atoms with van der Waals surface area (Å²) in [5, 5.41) is 14.8. The molecule has 2 aromatic rings. The first-order chi connectivity index (χ1) is 9.81. The third-order valence-corrected chi connectivity index (χ3v) is 3.92. The minimum atomic E-state index is -0.511. The van der Waals surface area contributed by atoms with Gasteiger partial charge in [0.2, 0.25) is 0 Å². The van der Waals surface area contributed by atoms with Crippen LogP contribution in [0.5, 0.6) is 0 Å². The molecule has 1 heterocycles. The fraction of sp³-hybridized carbons (Fsp3) is 0.500. The summed E-state index contributed by atoms with van der Waals surface area (Å²) >= 11 is 0. The van der Waals surface area contributed by atoms with Crippen molar-refractivity contribution in [2.45, 2.75) is 52.1 Å². The van der Waals surface area contributed by atoms with Gasteiger partial charge in [0.25, 0.3) is 0 Å². The Morgan fingerprint density at radius 2 is 1.81 bits per heavy atom. The fourth-order valence-electron chi connectivity index (χ4n) is 2.50. The van der Waals surface area contributed by atoms with E-state index in [9.17, 15) is 5.11 Å². The maximum absolute atomic E-state index is 10.4. The van der Waals surface area contributed by atoms with Crippen LogP contribution in [0, 0.1) is 0 Å². The van der Waals surface area contributed by atoms with Crippen molar-refractivity contribution in [2.24, 2.45) is 7.05 Å². The molecule has 0 saturated carbocycles. The first-order valence-corrected chi connectivity index (χ1v) is 7.61. The summed E-state index contributed by atoms with van der Waals surface area (Å²) in [6.45, 7) is 8.69. The lowest BCUT2D eigenvalue weighted by Crippen LogP contribution is -2.11. The zero-order valence-corrected chi connectivity index (χ0v) is 13.7. The highest BCUT2D eigenvalue weighted by atomic mass is 16.3. The second-order valence-corrected chi connectivity index (χ2v) is 6.70. The standard InChI is InChI=1S/C18H26N2O/c1-6-15-12-16(20(5)19-15)17(21)11-13-7-9-14(10-8-13)18(2,3)4/h7-10,12,17,21H,6,11H2,1-5H3. The van der Waals surface area contributed by atoms with Crippen LogP contribution in [0.1, 0.15) is 56.3 Å². The van der Waals surface area contributed by atoms with E-state index in [0.717, 1.165) is 23.4 Å². The number of aliphatic hydroxyl groups excluding tert-OH is 1. The lowest BCUT2D eigenvalue weighted by Gasteiger charge is -2.19. The molecule has 1 unspecified atom stereocenters. The highest BCUT2D eigenvalue weighted by Gasteiger charge is 2.16. The van der Waals surface area contributed by atoms with Gasteiger partial charge in [-0.25, -0.2) is 0 Å². The van der Waals surface area contributed by atoms with Crippen LogP contribution in [0.3, 0.4) is 0 Å². The van der Waals surface area contributed by atoms with Crippen molar-refractivity contribution in [3.63, 3.8) is 0 Å². The lowest BCUT2D eigenvalue weighted by atomic mass is 9.86. The Morgan fingerprint density at radius 1 is 1.19 bits per heavy atom. The van der Waals surface area contributed by atoms with Crippen LogP contribution < -0.4 is 0 Å². The van der Waals surface area contributed by atoms with Gasteiger partial charge in [0.05, 0.1) is 17.5 Å². The van der Waals surface area contributed by atoms with Gasteiger partial charge in [-0.3, -0.25) is 4.68 Å². The van der Waals surface area contributed by atoms with Crippen molar-refractivity contribution in [3.05, 3.63) is 52.8 Å². The molecule has 2 rings (SSSR count). The van der Waals surface area contributed by atoms with E-state index >= 15 is 0 Å². The Kier molecular flexibility index (Phi) is 4.52. The van der Waals surface area contributed by atoms with E-state index in [1.807, 2.05) is 13.1 Å². The van der Waals surface area contributed by atoms with E-state index in [0.29, 0.717) is 6.42 Å². The molecule has 3 heteroatoms. The van der Waals surface area contributed by atoms with Gasteiger partial charge in [-0.2, -0.15) is 5.10 Å². The molecule has 114 valence electrons. The van der Waals surface area contributed by atoms with Crippen LogP contribution in [0.15, 0.2) is 30.3 Å². The van der Waals surface area contributed by atoms with Gasteiger partial charge in [-0.1, -0.05) is 52.0 Å². The van der Waals surface area contributed by atoms with E-state index in [1.165, 1.54) is 5.56 Å². The van der Waals surface area contributed by atoms with Gasteiger partial charge in [-0.05, 0) is 29.0 Å². The molecule has 0 fully saturated rings. The molecule has 0 amide bonds. The van der Waals surface area contributed by atoms with Crippen molar-refractivity contribution >= 4 is 0 Å². The Hall–Kier alpha value is -1.61. The number of benzene rings is 1. The molecule has 3 nitrogen and oxygen atoms in total. The van der Waals surface area contributed by atoms with Crippen molar-refractivity contribution in [1.29, 1.82) is 0 Å². The molecule has 1 aromatic carbocycles. The fourth-order valence-corrected chi connectivity index (χ4v) is 2.50. The number of aromatic nitrogens is 2. The van der Waals surface area contributed by atoms with Gasteiger partial charge in [0.15, 0.2) is 0 Å². The molecule has 0 radical (unpaired) electrons. The van der Waals surface area contributed by atoms with Gasteiger partial charge in [0, 0.05) is 13.5 Å². The second-order valence-electron chi connectivity index (χ2n) is 6.70. The first kappa shape index (κ1) is 15.8. The molecule has 0 bridgehead atoms. The zero-order chi connectivity index (χ0) is 15.6. The summed E-state index contributed by atoms with van der Waals surface area (Å²) in [5.41, 5.74) is 4.53. The van der Waals surface area contributed by atoms with Gasteiger partial charge >= 0.3 is 0 Å². The molecule has 0 aliphatic heterocycles. The molecule has 1 atom stereocenters. The highest BCUT2D eigenvalue weighted by Crippen LogP contribution is 2.24. The van der Waals surface area contributed by atoms with Crippen LogP contribution >= 0.6 is 0 Å². The summed E-state index contributed by atoms with van der Waals surface area (Å²) in [6.07, 6.45) is 0.997. The Bertz CT molecular complexity index is 591. The van der Waals surface area contributed by atoms with E-state index in [-0.39, 0.29) is 5.41 Å². The zero-order valence-electron chi connectivity index (χ0n) is 13.7. The molecule has 0 saturated heterocycles. The summed E-state index contributed by atoms with van der Waals surface area (Å²) in [4.78, 5) is 0. The van der Waals surface area contributed by atoms with Crippen LogP contribution in [-0.2, 0) is 25.3 Å². The van der Waals surface area contributed by atoms with Gasteiger partial charge in [-0.15, -0.1) is 0 Å². The van der Waals surface area contributed by atoms with Crippen molar-refractivity contribution in [3.8, 4) is 0 Å². The number of hydrogen-bond donors (Lipinski definition) is 1. The molecule has 0 aliphatic rings. The third-order valence-electron chi connectivity index (χ3n) is 3.92. The third kappa shape index (κ3) is 3.73. The summed E-state index contributed by atoms with van der Waals surface area (Å²) in [7, 11) is 1.89. The monoisotopic (exact) mass is 286 g/mol. The molecule has 1 N–H and O–H groups in total. The second kappa shape index (κ2) is 6.02. The highest BCUT2D eigenvalue weighted by molar-refractivity contribution is 5.28. The molecule has 1 aromatic heterocycles. The van der Waals surface area contributed by atoms with Crippen molar-refractivity contribution < 1.29 is 5.11 Å². The van der Waals surface area contributed by atoms with Crippen LogP contribution in [0.4, 0.5) is 0 Å². The molecule has 0 spiro atoms. The van der Waals surface area contributed by atoms with Crippen LogP contribution in [-0.4, -0.2) is 14.9 Å². The van der Waals surface area contributed by atoms with E-state index in [4.69, 9.17) is 0 Å². The smallest absolute Gasteiger partial charge is 0.0996 e. The summed E-state index contributed by atoms with van der Waals surface area (Å²) in [5.74, 6) is 0. The quantitative estimate of drug-likeness (QED) is 0.933. The molecular formula is C18H26N2O. The minimum absolute atomic E-state index is 0.162. The van der Waals surface area contributed by atoms with E-state index in [1.54, 1.807) is 4.68 Å². The number of nitrogens with zero attached hydrogens (tertiary/aromatic N) is 2. The van der Waals surface area contributed by atoms with Crippen LogP contribution in [0.25, 0.3) is 0 Å². The van der Waals surface area contributed by atoms with Crippen molar-refractivity contribution in [1.82, 2.24) is 9.78 Å². The topological polar surface area (TPSA) is 38.0 Å². The molecule has 21 heavy (non-hydrogen) atoms. The number of aryl methyl sites for hydroxylation is 2. The van der Waals surface area contributed by atoms with Crippen molar-refractivity contribution in [2.75, 3.05) is 0 Å². The SMILES string of the molecule is CCc1cc(C(O)Cc2ccc(C(C)(C)C)cc2)n(C)n1. The molecular weight excluding hydrogens is 260 g/mol. The maximum Gasteiger partial charge on any atom is 0.0996 e. The average molecular weight is 286 g/mol. The Balaban J connectivity index is 2.12. The normalized spacial score (nSPS) is 13.4. The van der Waals surface area contributed by atoms with Crippen LogP contribution in [0.2, 0.25) is 0 Å². The summed E-state index contributed by atoms with van der Waals surface area (Å²) in [6, 6.07) is 10.5. The summed E-state index contributed by atoms with van der Waals surface area (Å²) < 4.78 is 1.78. The largest absolute Gasteiger partial charge is 0.386 e. The number of aliphatic hydroxyl groups is 1. The number of hydrogen-bond acceptors (Lipinski definition) is 2. The van der Waals surface area contributed by atoms with E-state index in [2.05, 4.69) is 57.1 Å². The predicted octanol–water partition coefficient (Wildman–Crippen LogP) is 3.56. The maximum atomic E-state index is 10.4. The first-order valence-electron chi connectivity index (χ1n) is 7.61. The Labute approximate surface area is 127 Å². The predicted molar refractivity (Wildman–Crippen MR) is 86.4 cm³/mol. The van der Waals surface area contributed by atoms with Gasteiger partial charge < -0.3 is 5.11 Å². The Morgan fingerprint density at radius 3 is 2.29 bits per heavy atom. The van der Waals surface area contributed by atoms with Gasteiger partial charge in [0.1, 0.15) is 0 Å². The van der Waals surface area contributed by atoms with E-state index < -0.39 is 6.10 Å². The minimum Gasteiger partial charge on any atom is -0.386 e. The average Bonchev–Trinajstić information content (AvgIpc) is 2.80. The lowest BCUT2D eigenvalue weighted by molar-refractivity contribution is 0.168. The number of rotatable bonds is 4. The molecule has 0 aliphatic carbocycles.